The van der Waals surface area contributed by atoms with Crippen LogP contribution in [0.4, 0.5) is 5.69 Å². The van der Waals surface area contributed by atoms with Crippen molar-refractivity contribution in [3.05, 3.63) is 29.3 Å². The number of carboxylic acids is 1. The quantitative estimate of drug-likeness (QED) is 0.313. The van der Waals surface area contributed by atoms with Gasteiger partial charge in [0.05, 0.1) is 5.69 Å². The molecule has 5 N–H and O–H groups in total. The SMILES string of the molecule is NNc1c(C=O)cccc1C(O)C(=O)O. The fraction of sp³-hybridized carbons (Fsp3) is 0.111. The lowest BCUT2D eigenvalue weighted by atomic mass is 10.0. The lowest BCUT2D eigenvalue weighted by Gasteiger charge is -2.13. The van der Waals surface area contributed by atoms with Crippen LogP contribution >= 0.6 is 0 Å². The first-order valence-corrected chi connectivity index (χ1v) is 4.07. The summed E-state index contributed by atoms with van der Waals surface area (Å²) in [5, 5.41) is 17.9. The molecule has 15 heavy (non-hydrogen) atoms. The molecule has 0 radical (unpaired) electrons. The van der Waals surface area contributed by atoms with E-state index in [4.69, 9.17) is 10.9 Å². The van der Waals surface area contributed by atoms with Gasteiger partial charge in [-0.15, -0.1) is 0 Å². The Morgan fingerprint density at radius 3 is 2.67 bits per heavy atom. The molecule has 0 aromatic heterocycles. The van der Waals surface area contributed by atoms with Crippen molar-refractivity contribution in [2.45, 2.75) is 6.10 Å². The van der Waals surface area contributed by atoms with Crippen LogP contribution in [0.25, 0.3) is 0 Å². The van der Waals surface area contributed by atoms with Crippen molar-refractivity contribution in [3.8, 4) is 0 Å². The molecule has 0 aliphatic rings. The standard InChI is InChI=1S/C9H10N2O4/c10-11-7-5(4-12)2-1-3-6(7)8(13)9(14)15/h1-4,8,11,13H,10H2,(H,14,15). The topological polar surface area (TPSA) is 113 Å². The highest BCUT2D eigenvalue weighted by Crippen LogP contribution is 2.25. The summed E-state index contributed by atoms with van der Waals surface area (Å²) in [6.45, 7) is 0. The van der Waals surface area contributed by atoms with E-state index in [0.717, 1.165) is 0 Å². The molecule has 0 fully saturated rings. The van der Waals surface area contributed by atoms with Crippen molar-refractivity contribution in [1.29, 1.82) is 0 Å². The Bertz CT molecular complexity index is 392. The highest BCUT2D eigenvalue weighted by Gasteiger charge is 2.20. The molecule has 0 aliphatic carbocycles. The first-order chi connectivity index (χ1) is 7.11. The summed E-state index contributed by atoms with van der Waals surface area (Å²) in [6.07, 6.45) is -1.19. The van der Waals surface area contributed by atoms with Gasteiger partial charge in [-0.1, -0.05) is 12.1 Å². The van der Waals surface area contributed by atoms with Crippen molar-refractivity contribution in [3.63, 3.8) is 0 Å². The number of aliphatic hydroxyl groups excluding tert-OH is 1. The van der Waals surface area contributed by atoms with Gasteiger partial charge in [0.25, 0.3) is 0 Å². The van der Waals surface area contributed by atoms with Gasteiger partial charge in [0.1, 0.15) is 0 Å². The molecule has 0 saturated carbocycles. The number of aldehydes is 1. The van der Waals surface area contributed by atoms with Crippen LogP contribution in [0.5, 0.6) is 0 Å². The number of hydrogen-bond donors (Lipinski definition) is 4. The zero-order valence-electron chi connectivity index (χ0n) is 7.68. The Morgan fingerprint density at radius 1 is 1.53 bits per heavy atom. The number of hydrogen-bond acceptors (Lipinski definition) is 5. The number of aliphatic hydroxyl groups is 1. The number of nitrogens with two attached hydrogens (primary N) is 1. The number of carbonyl (C=O) groups is 2. The number of aliphatic carboxylic acids is 1. The fourth-order valence-electron chi connectivity index (χ4n) is 1.21. The molecular weight excluding hydrogens is 200 g/mol. The number of hydrazine groups is 1. The molecule has 0 amide bonds. The first kappa shape index (κ1) is 11.2. The minimum atomic E-state index is -1.71. The maximum absolute atomic E-state index is 10.6. The van der Waals surface area contributed by atoms with Crippen LogP contribution in [0.3, 0.4) is 0 Å². The van der Waals surface area contributed by atoms with E-state index in [2.05, 4.69) is 5.43 Å². The van der Waals surface area contributed by atoms with Crippen LogP contribution in [0.1, 0.15) is 22.0 Å². The summed E-state index contributed by atoms with van der Waals surface area (Å²) in [4.78, 5) is 21.2. The first-order valence-electron chi connectivity index (χ1n) is 4.07. The predicted molar refractivity (Wildman–Crippen MR) is 52.2 cm³/mol. The Labute approximate surface area is 85.3 Å². The summed E-state index contributed by atoms with van der Waals surface area (Å²) < 4.78 is 0. The molecule has 1 atom stereocenters. The Kier molecular flexibility index (Phi) is 3.37. The summed E-state index contributed by atoms with van der Waals surface area (Å²) >= 11 is 0. The van der Waals surface area contributed by atoms with Crippen molar-refractivity contribution in [2.75, 3.05) is 5.43 Å². The van der Waals surface area contributed by atoms with E-state index in [1.54, 1.807) is 0 Å². The summed E-state index contributed by atoms with van der Waals surface area (Å²) in [5.74, 6) is 3.74. The van der Waals surface area contributed by atoms with E-state index >= 15 is 0 Å². The van der Waals surface area contributed by atoms with E-state index in [1.165, 1.54) is 18.2 Å². The van der Waals surface area contributed by atoms with Crippen LogP contribution in [0.15, 0.2) is 18.2 Å². The minimum Gasteiger partial charge on any atom is -0.479 e. The largest absolute Gasteiger partial charge is 0.479 e. The highest BCUT2D eigenvalue weighted by molar-refractivity contribution is 5.88. The number of nitrogen functional groups attached to an aromatic ring is 1. The van der Waals surface area contributed by atoms with Gasteiger partial charge < -0.3 is 15.6 Å². The second-order valence-electron chi connectivity index (χ2n) is 2.81. The summed E-state index contributed by atoms with van der Waals surface area (Å²) in [6, 6.07) is 4.30. The van der Waals surface area contributed by atoms with Crippen LogP contribution < -0.4 is 11.3 Å². The van der Waals surface area contributed by atoms with Crippen molar-refractivity contribution in [1.82, 2.24) is 0 Å². The molecule has 0 bridgehead atoms. The second kappa shape index (κ2) is 4.54. The lowest BCUT2D eigenvalue weighted by Crippen LogP contribution is -2.17. The second-order valence-corrected chi connectivity index (χ2v) is 2.81. The molecule has 80 valence electrons. The van der Waals surface area contributed by atoms with Crippen molar-refractivity contribution >= 4 is 17.9 Å². The zero-order valence-corrected chi connectivity index (χ0v) is 7.68. The summed E-state index contributed by atoms with van der Waals surface area (Å²) in [7, 11) is 0. The van der Waals surface area contributed by atoms with E-state index in [9.17, 15) is 14.7 Å². The molecule has 0 spiro atoms. The molecule has 6 nitrogen and oxygen atoms in total. The van der Waals surface area contributed by atoms with Crippen LogP contribution in [0, 0.1) is 0 Å². The van der Waals surface area contributed by atoms with E-state index in [0.29, 0.717) is 6.29 Å². The van der Waals surface area contributed by atoms with Gasteiger partial charge in [-0.3, -0.25) is 10.6 Å². The smallest absolute Gasteiger partial charge is 0.337 e. The third kappa shape index (κ3) is 2.12. The summed E-state index contributed by atoms with van der Waals surface area (Å²) in [5.41, 5.74) is 2.55. The van der Waals surface area contributed by atoms with Gasteiger partial charge in [0.2, 0.25) is 0 Å². The van der Waals surface area contributed by atoms with Gasteiger partial charge in [0.15, 0.2) is 12.4 Å². The molecule has 1 rings (SSSR count). The monoisotopic (exact) mass is 210 g/mol. The number of carbonyl (C=O) groups excluding carboxylic acids is 1. The zero-order chi connectivity index (χ0) is 11.4. The maximum Gasteiger partial charge on any atom is 0.337 e. The number of nitrogens with one attached hydrogen (secondary N) is 1. The van der Waals surface area contributed by atoms with Crippen LogP contribution in [-0.2, 0) is 4.79 Å². The third-order valence-electron chi connectivity index (χ3n) is 1.93. The molecular formula is C9H10N2O4. The molecule has 1 unspecified atom stereocenters. The van der Waals surface area contributed by atoms with Crippen LogP contribution in [0.2, 0.25) is 0 Å². The Morgan fingerprint density at radius 2 is 2.20 bits per heavy atom. The number of rotatable bonds is 4. The van der Waals surface area contributed by atoms with E-state index in [1.807, 2.05) is 0 Å². The predicted octanol–water partition coefficient (Wildman–Crippen LogP) is -0.0973. The number of benzene rings is 1. The number of carboxylic acid groups (broad SMARTS) is 1. The fourth-order valence-corrected chi connectivity index (χ4v) is 1.21. The van der Waals surface area contributed by atoms with Gasteiger partial charge in [0, 0.05) is 11.1 Å². The van der Waals surface area contributed by atoms with E-state index < -0.39 is 12.1 Å². The van der Waals surface area contributed by atoms with E-state index in [-0.39, 0.29) is 16.8 Å². The molecule has 1 aromatic rings. The van der Waals surface area contributed by atoms with Gasteiger partial charge >= 0.3 is 5.97 Å². The molecule has 0 aliphatic heterocycles. The highest BCUT2D eigenvalue weighted by atomic mass is 16.4. The Balaban J connectivity index is 3.28. The minimum absolute atomic E-state index is 0.0506. The Hall–Kier alpha value is -1.92. The van der Waals surface area contributed by atoms with Gasteiger partial charge in [-0.25, -0.2) is 4.79 Å². The lowest BCUT2D eigenvalue weighted by molar-refractivity contribution is -0.146. The average molecular weight is 210 g/mol. The molecule has 0 saturated heterocycles. The van der Waals surface area contributed by atoms with Gasteiger partial charge in [-0.2, -0.15) is 0 Å². The van der Waals surface area contributed by atoms with Crippen molar-refractivity contribution in [2.24, 2.45) is 5.84 Å². The average Bonchev–Trinajstić information content (AvgIpc) is 2.26. The molecule has 6 heteroatoms. The molecule has 1 aromatic carbocycles. The normalized spacial score (nSPS) is 11.9. The molecule has 0 heterocycles. The van der Waals surface area contributed by atoms with Gasteiger partial charge in [-0.05, 0) is 6.07 Å². The van der Waals surface area contributed by atoms with Crippen LogP contribution in [-0.4, -0.2) is 22.5 Å². The maximum atomic E-state index is 10.6. The number of anilines is 1. The van der Waals surface area contributed by atoms with Crippen molar-refractivity contribution < 1.29 is 19.8 Å². The third-order valence-corrected chi connectivity index (χ3v) is 1.93. The number of para-hydroxylation sites is 1.